The second kappa shape index (κ2) is 12.0. The van der Waals surface area contributed by atoms with Gasteiger partial charge in [-0.05, 0) is 24.0 Å². The summed E-state index contributed by atoms with van der Waals surface area (Å²) in [6.07, 6.45) is 2.79. The molecule has 0 aliphatic heterocycles. The molecule has 0 aliphatic rings. The van der Waals surface area contributed by atoms with E-state index in [0.717, 1.165) is 59.4 Å². The van der Waals surface area contributed by atoms with Crippen molar-refractivity contribution in [2.75, 3.05) is 11.5 Å². The molecule has 0 aliphatic carbocycles. The van der Waals surface area contributed by atoms with Gasteiger partial charge in [-0.25, -0.2) is 0 Å². The molecule has 0 radical (unpaired) electrons. The van der Waals surface area contributed by atoms with Crippen LogP contribution in [0.1, 0.15) is 49.5 Å². The van der Waals surface area contributed by atoms with Crippen LogP contribution in [0.4, 0.5) is 0 Å². The van der Waals surface area contributed by atoms with Crippen LogP contribution in [0.25, 0.3) is 0 Å². The van der Waals surface area contributed by atoms with Gasteiger partial charge in [-0.1, -0.05) is 98.0 Å². The average Bonchev–Trinajstić information content (AvgIpc) is 3.41. The maximum absolute atomic E-state index is 4.58. The number of nitrogens with zero attached hydrogens (tertiary/aromatic N) is 6. The predicted molar refractivity (Wildman–Crippen MR) is 136 cm³/mol. The summed E-state index contributed by atoms with van der Waals surface area (Å²) in [6, 6.07) is 21.0. The van der Waals surface area contributed by atoms with Crippen molar-refractivity contribution in [2.24, 2.45) is 0 Å². The Balaban J connectivity index is 1.65. The molecule has 6 nitrogen and oxygen atoms in total. The fraction of sp³-hybridized carbons (Fsp3) is 0.360. The smallest absolute Gasteiger partial charge is 0.191 e. The van der Waals surface area contributed by atoms with E-state index >= 15 is 0 Å². The largest absolute Gasteiger partial charge is 0.301 e. The van der Waals surface area contributed by atoms with Crippen molar-refractivity contribution in [3.8, 4) is 0 Å². The molecule has 0 fully saturated rings. The van der Waals surface area contributed by atoms with E-state index in [1.165, 1.54) is 11.1 Å². The zero-order valence-corrected chi connectivity index (χ0v) is 20.9. The molecule has 4 rings (SSSR count). The van der Waals surface area contributed by atoms with E-state index in [0.29, 0.717) is 6.42 Å². The Morgan fingerprint density at radius 2 is 1.03 bits per heavy atom. The van der Waals surface area contributed by atoms with Gasteiger partial charge in [0.25, 0.3) is 0 Å². The Morgan fingerprint density at radius 1 is 0.606 bits per heavy atom. The van der Waals surface area contributed by atoms with Crippen molar-refractivity contribution >= 4 is 23.5 Å². The minimum atomic E-state index is 0.596. The first-order valence-corrected chi connectivity index (χ1v) is 13.4. The number of hydrogen-bond donors (Lipinski definition) is 0. The lowest BCUT2D eigenvalue weighted by molar-refractivity contribution is 0.639. The number of benzene rings is 2. The zero-order chi connectivity index (χ0) is 22.9. The van der Waals surface area contributed by atoms with Gasteiger partial charge in [0, 0.05) is 11.5 Å². The van der Waals surface area contributed by atoms with Crippen LogP contribution in [-0.2, 0) is 19.5 Å². The third-order valence-electron chi connectivity index (χ3n) is 5.14. The Hall–Kier alpha value is -2.58. The summed E-state index contributed by atoms with van der Waals surface area (Å²) in [4.78, 5) is 0. The molecular weight excluding hydrogens is 448 g/mol. The summed E-state index contributed by atoms with van der Waals surface area (Å²) in [5.74, 6) is 3.89. The molecule has 8 heteroatoms. The molecule has 0 saturated carbocycles. The third kappa shape index (κ3) is 6.26. The van der Waals surface area contributed by atoms with Gasteiger partial charge in [0.15, 0.2) is 10.3 Å². The van der Waals surface area contributed by atoms with E-state index in [9.17, 15) is 0 Å². The van der Waals surface area contributed by atoms with Crippen LogP contribution in [0.3, 0.4) is 0 Å². The van der Waals surface area contributed by atoms with E-state index in [1.807, 2.05) is 12.1 Å². The summed E-state index contributed by atoms with van der Waals surface area (Å²) < 4.78 is 4.46. The van der Waals surface area contributed by atoms with Gasteiger partial charge in [-0.15, -0.1) is 20.4 Å². The van der Waals surface area contributed by atoms with Crippen molar-refractivity contribution in [1.82, 2.24) is 29.5 Å². The van der Waals surface area contributed by atoms with E-state index in [1.54, 1.807) is 23.5 Å². The first kappa shape index (κ1) is 23.6. The molecule has 2 aromatic heterocycles. The van der Waals surface area contributed by atoms with Crippen LogP contribution in [-0.4, -0.2) is 41.0 Å². The number of aromatic nitrogens is 6. The van der Waals surface area contributed by atoms with Gasteiger partial charge in [-0.2, -0.15) is 0 Å². The average molecular weight is 479 g/mol. The summed E-state index contributed by atoms with van der Waals surface area (Å²) in [6.45, 7) is 5.87. The summed E-state index contributed by atoms with van der Waals surface area (Å²) in [7, 11) is 0. The Bertz CT molecular complexity index is 1030. The number of thioether (sulfide) groups is 2. The lowest BCUT2D eigenvalue weighted by Crippen LogP contribution is -2.12. The fourth-order valence-electron chi connectivity index (χ4n) is 3.49. The summed E-state index contributed by atoms with van der Waals surface area (Å²) in [5.41, 5.74) is 2.48. The molecule has 172 valence electrons. The number of hydrogen-bond acceptors (Lipinski definition) is 6. The predicted octanol–water partition coefficient (Wildman–Crippen LogP) is 5.56. The van der Waals surface area contributed by atoms with Gasteiger partial charge in [0.05, 0.1) is 19.5 Å². The highest BCUT2D eigenvalue weighted by Crippen LogP contribution is 2.24. The molecule has 33 heavy (non-hydrogen) atoms. The molecule has 2 heterocycles. The Morgan fingerprint density at radius 3 is 1.42 bits per heavy atom. The van der Waals surface area contributed by atoms with Crippen LogP contribution in [0.5, 0.6) is 0 Å². The van der Waals surface area contributed by atoms with Crippen molar-refractivity contribution < 1.29 is 0 Å². The maximum Gasteiger partial charge on any atom is 0.191 e. The van der Waals surface area contributed by atoms with Gasteiger partial charge in [0.1, 0.15) is 11.6 Å². The van der Waals surface area contributed by atoms with Crippen molar-refractivity contribution in [2.45, 2.75) is 56.5 Å². The highest BCUT2D eigenvalue weighted by Gasteiger charge is 2.19. The first-order valence-electron chi connectivity index (χ1n) is 11.5. The zero-order valence-electron chi connectivity index (χ0n) is 19.2. The molecule has 0 bridgehead atoms. The molecule has 0 saturated heterocycles. The number of rotatable bonds is 12. The summed E-state index contributed by atoms with van der Waals surface area (Å²) in [5, 5.41) is 20.2. The van der Waals surface area contributed by atoms with Crippen LogP contribution in [0.15, 0.2) is 71.0 Å². The quantitative estimate of drug-likeness (QED) is 0.248. The van der Waals surface area contributed by atoms with Gasteiger partial charge in [0.2, 0.25) is 0 Å². The second-order valence-corrected chi connectivity index (χ2v) is 9.94. The molecular formula is C25H30N6S2. The first-order chi connectivity index (χ1) is 16.3. The van der Waals surface area contributed by atoms with E-state index in [4.69, 9.17) is 0 Å². The highest BCUT2D eigenvalue weighted by molar-refractivity contribution is 7.99. The van der Waals surface area contributed by atoms with E-state index in [-0.39, 0.29) is 0 Å². The van der Waals surface area contributed by atoms with Crippen molar-refractivity contribution in [3.63, 3.8) is 0 Å². The lowest BCUT2D eigenvalue weighted by Gasteiger charge is -2.12. The van der Waals surface area contributed by atoms with Crippen molar-refractivity contribution in [3.05, 3.63) is 83.4 Å². The standard InChI is InChI=1S/C25H30N6S2/c1-3-15-32-24-28-26-22(30(24)18-20-11-7-5-8-12-20)17-23-27-29-25(33-16-4-2)31(23)19-21-13-9-6-10-14-21/h5-14H,3-4,15-19H2,1-2H3. The minimum absolute atomic E-state index is 0.596. The van der Waals surface area contributed by atoms with Gasteiger partial charge < -0.3 is 9.13 Å². The fourth-order valence-corrected chi connectivity index (χ4v) is 5.11. The van der Waals surface area contributed by atoms with Crippen LogP contribution in [0, 0.1) is 0 Å². The molecule has 0 atom stereocenters. The SMILES string of the molecule is CCCSc1nnc(Cc2nnc(SCCC)n2Cc2ccccc2)n1Cc1ccccc1. The lowest BCUT2D eigenvalue weighted by atomic mass is 10.2. The van der Waals surface area contributed by atoms with Gasteiger partial charge >= 0.3 is 0 Å². The molecule has 0 N–H and O–H groups in total. The Kier molecular flexibility index (Phi) is 8.60. The minimum Gasteiger partial charge on any atom is -0.301 e. The monoisotopic (exact) mass is 478 g/mol. The van der Waals surface area contributed by atoms with Crippen LogP contribution in [0.2, 0.25) is 0 Å². The van der Waals surface area contributed by atoms with E-state index < -0.39 is 0 Å². The molecule has 0 amide bonds. The molecule has 0 spiro atoms. The third-order valence-corrected chi connectivity index (χ3v) is 7.49. The van der Waals surface area contributed by atoms with E-state index in [2.05, 4.69) is 91.9 Å². The topological polar surface area (TPSA) is 61.4 Å². The maximum atomic E-state index is 4.58. The Labute approximate surface area is 204 Å². The molecule has 0 unspecified atom stereocenters. The summed E-state index contributed by atoms with van der Waals surface area (Å²) >= 11 is 3.53. The van der Waals surface area contributed by atoms with Crippen molar-refractivity contribution in [1.29, 1.82) is 0 Å². The van der Waals surface area contributed by atoms with Gasteiger partial charge in [-0.3, -0.25) is 0 Å². The second-order valence-electron chi connectivity index (χ2n) is 7.81. The van der Waals surface area contributed by atoms with Crippen LogP contribution >= 0.6 is 23.5 Å². The normalized spacial score (nSPS) is 11.2. The molecule has 2 aromatic carbocycles. The molecule has 4 aromatic rings. The highest BCUT2D eigenvalue weighted by atomic mass is 32.2. The van der Waals surface area contributed by atoms with Crippen LogP contribution < -0.4 is 0 Å².